The summed E-state index contributed by atoms with van der Waals surface area (Å²) in [6.07, 6.45) is -15.6. The first-order valence-electron chi connectivity index (χ1n) is 10.7. The van der Waals surface area contributed by atoms with E-state index in [-0.39, 0.29) is 16.9 Å². The van der Waals surface area contributed by atoms with E-state index in [0.29, 0.717) is 5.69 Å². The molecule has 0 fully saturated rings. The van der Waals surface area contributed by atoms with Crippen LogP contribution in [0.15, 0.2) is 59.1 Å². The van der Waals surface area contributed by atoms with Gasteiger partial charge in [-0.05, 0) is 42.3 Å². The Balaban J connectivity index is 2.22. The highest BCUT2D eigenvalue weighted by Crippen LogP contribution is 2.38. The Kier molecular flexibility index (Phi) is 8.26. The number of carbonyl (C=O) groups excluding carboxylic acids is 1. The molecule has 0 unspecified atom stereocenters. The number of aryl methyl sites for hydroxylation is 1. The molecule has 0 radical (unpaired) electrons. The first-order chi connectivity index (χ1) is 17.9. The molecule has 3 aromatic rings. The molecule has 1 heterocycles. The van der Waals surface area contributed by atoms with Gasteiger partial charge in [-0.1, -0.05) is 29.4 Å². The minimum atomic E-state index is -5.14. The Morgan fingerprint density at radius 3 is 1.77 bits per heavy atom. The van der Waals surface area contributed by atoms with Crippen LogP contribution in [0.3, 0.4) is 0 Å². The zero-order valence-electron chi connectivity index (χ0n) is 19.6. The maximum absolute atomic E-state index is 12.9. The number of hydrogen-bond acceptors (Lipinski definition) is 5. The molecule has 7 nitrogen and oxygen atoms in total. The van der Waals surface area contributed by atoms with Crippen molar-refractivity contribution in [3.8, 4) is 11.5 Å². The van der Waals surface area contributed by atoms with E-state index in [1.54, 1.807) is 5.32 Å². The normalized spacial score (nSPS) is 12.7. The van der Waals surface area contributed by atoms with Gasteiger partial charge in [0.15, 0.2) is 0 Å². The van der Waals surface area contributed by atoms with Crippen molar-refractivity contribution in [2.45, 2.75) is 37.8 Å². The van der Waals surface area contributed by atoms with Crippen molar-refractivity contribution in [2.75, 3.05) is 6.54 Å². The molecular formula is C23H18F9N3O4. The van der Waals surface area contributed by atoms with E-state index in [0.717, 1.165) is 36.4 Å². The zero-order valence-corrected chi connectivity index (χ0v) is 19.6. The van der Waals surface area contributed by atoms with Gasteiger partial charge >= 0.3 is 24.9 Å². The average molecular weight is 571 g/mol. The summed E-state index contributed by atoms with van der Waals surface area (Å²) in [7, 11) is 0. The standard InChI is InChI=1S/C23H18F9N3O4/c1-13-8-18(39-35-13)11-20(34-19(36)33-12-21(24,25)26,14-4-2-6-16(9-14)37-22(27,28)29)15-5-3-7-17(10-15)38-23(30,31)32/h2-10H,11-12H2,1H3,(H2,33,34,36). The molecule has 0 aliphatic heterocycles. The molecule has 1 aromatic heterocycles. The number of carbonyl (C=O) groups is 1. The number of rotatable bonds is 8. The largest absolute Gasteiger partial charge is 0.573 e. The number of aromatic nitrogens is 1. The molecule has 2 N–H and O–H groups in total. The van der Waals surface area contributed by atoms with Gasteiger partial charge in [-0.25, -0.2) is 4.79 Å². The Morgan fingerprint density at radius 1 is 0.846 bits per heavy atom. The van der Waals surface area contributed by atoms with Gasteiger partial charge in [0, 0.05) is 12.5 Å². The highest BCUT2D eigenvalue weighted by Gasteiger charge is 2.41. The van der Waals surface area contributed by atoms with E-state index >= 15 is 0 Å². The molecule has 0 bridgehead atoms. The molecular weight excluding hydrogens is 553 g/mol. The summed E-state index contributed by atoms with van der Waals surface area (Å²) in [5, 5.41) is 7.50. The van der Waals surface area contributed by atoms with E-state index in [2.05, 4.69) is 19.9 Å². The molecule has 16 heteroatoms. The van der Waals surface area contributed by atoms with Gasteiger partial charge in [-0.2, -0.15) is 13.2 Å². The first-order valence-corrected chi connectivity index (χ1v) is 10.7. The van der Waals surface area contributed by atoms with E-state index in [4.69, 9.17) is 4.52 Å². The van der Waals surface area contributed by atoms with Crippen molar-refractivity contribution in [3.63, 3.8) is 0 Å². The van der Waals surface area contributed by atoms with Crippen LogP contribution in [0.25, 0.3) is 0 Å². The summed E-state index contributed by atoms with van der Waals surface area (Å²) in [4.78, 5) is 12.7. The first kappa shape index (κ1) is 29.4. The molecule has 39 heavy (non-hydrogen) atoms. The second kappa shape index (κ2) is 10.9. The molecule has 212 valence electrons. The van der Waals surface area contributed by atoms with Crippen molar-refractivity contribution < 1.29 is 58.3 Å². The third-order valence-electron chi connectivity index (χ3n) is 5.01. The lowest BCUT2D eigenvalue weighted by atomic mass is 9.79. The van der Waals surface area contributed by atoms with E-state index < -0.39 is 54.9 Å². The van der Waals surface area contributed by atoms with Gasteiger partial charge in [0.2, 0.25) is 0 Å². The van der Waals surface area contributed by atoms with Crippen LogP contribution >= 0.6 is 0 Å². The van der Waals surface area contributed by atoms with Crippen LogP contribution in [0.5, 0.6) is 11.5 Å². The Hall–Kier alpha value is -4.11. The molecule has 2 amide bonds. The maximum atomic E-state index is 12.9. The van der Waals surface area contributed by atoms with Crippen LogP contribution < -0.4 is 20.1 Å². The molecule has 0 aliphatic carbocycles. The van der Waals surface area contributed by atoms with Gasteiger partial charge in [0.05, 0.1) is 11.2 Å². The Labute approximate surface area is 213 Å². The predicted molar refractivity (Wildman–Crippen MR) is 115 cm³/mol. The molecule has 0 spiro atoms. The molecule has 0 saturated heterocycles. The second-order valence-electron chi connectivity index (χ2n) is 8.09. The van der Waals surface area contributed by atoms with Crippen molar-refractivity contribution in [3.05, 3.63) is 77.2 Å². The number of benzene rings is 2. The summed E-state index contributed by atoms with van der Waals surface area (Å²) in [6.45, 7) is -0.279. The smallest absolute Gasteiger partial charge is 0.406 e. The lowest BCUT2D eigenvalue weighted by Crippen LogP contribution is -2.53. The van der Waals surface area contributed by atoms with Gasteiger partial charge in [0.25, 0.3) is 0 Å². The molecule has 0 aliphatic rings. The quantitative estimate of drug-likeness (QED) is 0.318. The van der Waals surface area contributed by atoms with Crippen LogP contribution in [0.1, 0.15) is 22.6 Å². The number of urea groups is 1. The average Bonchev–Trinajstić information content (AvgIpc) is 3.19. The number of nitrogens with one attached hydrogen (secondary N) is 2. The van der Waals surface area contributed by atoms with Gasteiger partial charge in [-0.3, -0.25) is 0 Å². The summed E-state index contributed by atoms with van der Waals surface area (Å²) in [5.74, 6) is -1.58. The number of halogens is 9. The van der Waals surface area contributed by atoms with E-state index in [1.807, 2.05) is 0 Å². The number of amides is 2. The fourth-order valence-corrected chi connectivity index (χ4v) is 3.66. The van der Waals surface area contributed by atoms with Crippen LogP contribution in [0, 0.1) is 6.92 Å². The van der Waals surface area contributed by atoms with E-state index in [1.165, 1.54) is 25.1 Å². The van der Waals surface area contributed by atoms with Crippen molar-refractivity contribution in [1.82, 2.24) is 15.8 Å². The number of nitrogens with zero attached hydrogens (tertiary/aromatic N) is 1. The van der Waals surface area contributed by atoms with Crippen LogP contribution in [0.4, 0.5) is 44.3 Å². The SMILES string of the molecule is Cc1cc(CC(NC(=O)NCC(F)(F)F)(c2cccc(OC(F)(F)F)c2)c2cccc(OC(F)(F)F)c2)on1. The van der Waals surface area contributed by atoms with Gasteiger partial charge in [0.1, 0.15) is 23.8 Å². The lowest BCUT2D eigenvalue weighted by Gasteiger charge is -2.36. The monoisotopic (exact) mass is 571 g/mol. The van der Waals surface area contributed by atoms with E-state index in [9.17, 15) is 44.3 Å². The molecule has 3 rings (SSSR count). The van der Waals surface area contributed by atoms with Crippen molar-refractivity contribution in [2.24, 2.45) is 0 Å². The van der Waals surface area contributed by atoms with Crippen molar-refractivity contribution in [1.29, 1.82) is 0 Å². The summed E-state index contributed by atoms with van der Waals surface area (Å²) >= 11 is 0. The zero-order chi connectivity index (χ0) is 29.1. The minimum Gasteiger partial charge on any atom is -0.406 e. The van der Waals surface area contributed by atoms with Crippen LogP contribution in [-0.2, 0) is 12.0 Å². The van der Waals surface area contributed by atoms with Crippen molar-refractivity contribution >= 4 is 6.03 Å². The third kappa shape index (κ3) is 8.71. The molecule has 0 atom stereocenters. The summed E-state index contributed by atoms with van der Waals surface area (Å²) in [6, 6.07) is 7.91. The highest BCUT2D eigenvalue weighted by atomic mass is 19.4. The molecule has 2 aromatic carbocycles. The third-order valence-corrected chi connectivity index (χ3v) is 5.01. The number of alkyl halides is 9. The van der Waals surface area contributed by atoms with Crippen LogP contribution in [0.2, 0.25) is 0 Å². The Bertz CT molecular complexity index is 1230. The topological polar surface area (TPSA) is 85.6 Å². The summed E-state index contributed by atoms with van der Waals surface area (Å²) < 4.78 is 129. The Morgan fingerprint density at radius 2 is 1.36 bits per heavy atom. The van der Waals surface area contributed by atoms with Gasteiger partial charge < -0.3 is 24.6 Å². The number of ether oxygens (including phenoxy) is 2. The van der Waals surface area contributed by atoms with Gasteiger partial charge in [-0.15, -0.1) is 26.3 Å². The predicted octanol–water partition coefficient (Wildman–Crippen LogP) is 6.13. The second-order valence-corrected chi connectivity index (χ2v) is 8.09. The minimum absolute atomic E-state index is 0.0205. The highest BCUT2D eigenvalue weighted by molar-refractivity contribution is 5.76. The van der Waals surface area contributed by atoms with Crippen LogP contribution in [-0.4, -0.2) is 36.6 Å². The number of hydrogen-bond donors (Lipinski definition) is 2. The molecule has 0 saturated carbocycles. The summed E-state index contributed by atoms with van der Waals surface area (Å²) in [5.41, 5.74) is -2.24. The maximum Gasteiger partial charge on any atom is 0.573 e. The fraction of sp³-hybridized carbons (Fsp3) is 0.304. The fourth-order valence-electron chi connectivity index (χ4n) is 3.66. The lowest BCUT2D eigenvalue weighted by molar-refractivity contribution is -0.275.